The third kappa shape index (κ3) is 6.44. The van der Waals surface area contributed by atoms with Crippen molar-refractivity contribution in [3.05, 3.63) is 29.1 Å². The number of rotatable bonds is 5. The molecule has 1 aromatic rings. The topological polar surface area (TPSA) is 67.9 Å². The SMILES string of the molecule is COC(=O)c1cc(F)c(C(F)(F)F)c(N[C@@H](C(F)F)C2(F)CCN(C(=O)OC(C)(C)C)CC2)c1. The Balaban J connectivity index is 2.36. The lowest BCUT2D eigenvalue weighted by Gasteiger charge is -2.41. The summed E-state index contributed by atoms with van der Waals surface area (Å²) in [5, 5.41) is 1.78. The average Bonchev–Trinajstić information content (AvgIpc) is 2.68. The predicted molar refractivity (Wildman–Crippen MR) is 107 cm³/mol. The number of nitrogens with zero attached hydrogens (tertiary/aromatic N) is 1. The second-order valence-electron chi connectivity index (χ2n) is 8.83. The van der Waals surface area contributed by atoms with E-state index in [0.29, 0.717) is 6.07 Å². The number of esters is 1. The number of hydrogen-bond donors (Lipinski definition) is 1. The van der Waals surface area contributed by atoms with Gasteiger partial charge in [-0.15, -0.1) is 0 Å². The summed E-state index contributed by atoms with van der Waals surface area (Å²) in [6, 6.07) is -1.77. The number of carbonyl (C=O) groups is 2. The zero-order valence-corrected chi connectivity index (χ0v) is 18.9. The lowest BCUT2D eigenvalue weighted by Crippen LogP contribution is -2.55. The monoisotopic (exact) mass is 502 g/mol. The van der Waals surface area contributed by atoms with Crippen molar-refractivity contribution in [3.63, 3.8) is 0 Å². The molecule has 1 aromatic carbocycles. The molecule has 1 heterocycles. The van der Waals surface area contributed by atoms with E-state index < -0.39 is 77.4 Å². The van der Waals surface area contributed by atoms with Crippen LogP contribution in [0.25, 0.3) is 0 Å². The largest absolute Gasteiger partial charge is 0.465 e. The molecule has 13 heteroatoms. The van der Waals surface area contributed by atoms with Crippen LogP contribution < -0.4 is 5.32 Å². The van der Waals surface area contributed by atoms with Gasteiger partial charge in [0.1, 0.15) is 28.7 Å². The molecule has 6 nitrogen and oxygen atoms in total. The first-order valence-electron chi connectivity index (χ1n) is 10.2. The number of alkyl halides is 6. The quantitative estimate of drug-likeness (QED) is 0.431. The Labute approximate surface area is 191 Å². The highest BCUT2D eigenvalue weighted by Crippen LogP contribution is 2.41. The van der Waals surface area contributed by atoms with E-state index in [1.54, 1.807) is 26.1 Å². The standard InChI is InChI=1S/C21H25F7N2O4/c1-19(2,3)34-18(32)30-7-5-20(25,6-8-30)15(16(23)24)29-13-10-11(17(31)33-4)9-12(22)14(13)21(26,27)28/h9-10,15-16,29H,5-8H2,1-4H3/t15-/m0/s1. The van der Waals surface area contributed by atoms with E-state index in [0.717, 1.165) is 12.0 Å². The third-order valence-electron chi connectivity index (χ3n) is 5.16. The van der Waals surface area contributed by atoms with Crippen molar-refractivity contribution in [1.29, 1.82) is 0 Å². The van der Waals surface area contributed by atoms with Gasteiger partial charge in [-0.05, 0) is 32.9 Å². The van der Waals surface area contributed by atoms with Crippen LogP contribution >= 0.6 is 0 Å². The molecule has 0 radical (unpaired) electrons. The lowest BCUT2D eigenvalue weighted by atomic mass is 9.85. The van der Waals surface area contributed by atoms with Gasteiger partial charge in [0.15, 0.2) is 0 Å². The van der Waals surface area contributed by atoms with Crippen molar-refractivity contribution in [1.82, 2.24) is 4.90 Å². The summed E-state index contributed by atoms with van der Waals surface area (Å²) in [6.45, 7) is 4.14. The van der Waals surface area contributed by atoms with Crippen LogP contribution in [-0.4, -0.2) is 60.9 Å². The van der Waals surface area contributed by atoms with Gasteiger partial charge >= 0.3 is 18.2 Å². The number of carbonyl (C=O) groups excluding carboxylic acids is 2. The molecule has 0 saturated carbocycles. The number of anilines is 1. The molecule has 1 N–H and O–H groups in total. The van der Waals surface area contributed by atoms with Gasteiger partial charge in [0.25, 0.3) is 6.43 Å². The van der Waals surface area contributed by atoms with Crippen molar-refractivity contribution >= 4 is 17.7 Å². The first-order chi connectivity index (χ1) is 15.5. The molecule has 1 aliphatic rings. The smallest absolute Gasteiger partial charge is 0.421 e. The zero-order chi connectivity index (χ0) is 26.1. The van der Waals surface area contributed by atoms with E-state index in [1.165, 1.54) is 0 Å². The molecule has 1 saturated heterocycles. The number of halogens is 7. The molecule has 0 aliphatic carbocycles. The molecule has 2 rings (SSSR count). The molecule has 0 unspecified atom stereocenters. The number of methoxy groups -OCH3 is 1. The van der Waals surface area contributed by atoms with Gasteiger partial charge in [-0.2, -0.15) is 13.2 Å². The number of ether oxygens (including phenoxy) is 2. The molecule has 1 aliphatic heterocycles. The number of piperidine rings is 1. The van der Waals surface area contributed by atoms with Gasteiger partial charge < -0.3 is 19.7 Å². The van der Waals surface area contributed by atoms with Gasteiger partial charge in [-0.3, -0.25) is 0 Å². The summed E-state index contributed by atoms with van der Waals surface area (Å²) in [4.78, 5) is 24.9. The molecule has 1 atom stereocenters. The Kier molecular flexibility index (Phi) is 7.98. The van der Waals surface area contributed by atoms with E-state index in [1.807, 2.05) is 0 Å². The maximum Gasteiger partial charge on any atom is 0.421 e. The predicted octanol–water partition coefficient (Wildman–Crippen LogP) is 5.42. The Hall–Kier alpha value is -2.73. The highest BCUT2D eigenvalue weighted by atomic mass is 19.4. The minimum absolute atomic E-state index is 0.252. The van der Waals surface area contributed by atoms with Crippen LogP contribution in [0.5, 0.6) is 0 Å². The van der Waals surface area contributed by atoms with Crippen LogP contribution in [0.1, 0.15) is 49.5 Å². The Morgan fingerprint density at radius 1 is 1.12 bits per heavy atom. The number of nitrogens with one attached hydrogen (secondary N) is 1. The second-order valence-corrected chi connectivity index (χ2v) is 8.83. The summed E-state index contributed by atoms with van der Waals surface area (Å²) in [7, 11) is 0.891. The van der Waals surface area contributed by atoms with Crippen LogP contribution in [0.2, 0.25) is 0 Å². The molecule has 0 aromatic heterocycles. The summed E-state index contributed by atoms with van der Waals surface area (Å²) in [5.41, 5.74) is -7.48. The van der Waals surface area contributed by atoms with E-state index in [2.05, 4.69) is 4.74 Å². The fourth-order valence-electron chi connectivity index (χ4n) is 3.53. The summed E-state index contributed by atoms with van der Waals surface area (Å²) in [5.74, 6) is -3.14. The summed E-state index contributed by atoms with van der Waals surface area (Å²) in [6.07, 6.45) is -10.9. The Morgan fingerprint density at radius 2 is 1.68 bits per heavy atom. The average molecular weight is 502 g/mol. The Bertz CT molecular complexity index is 908. The van der Waals surface area contributed by atoms with Crippen molar-refractivity contribution in [3.8, 4) is 0 Å². The normalized spacial score (nSPS) is 17.4. The van der Waals surface area contributed by atoms with Gasteiger partial charge in [0, 0.05) is 25.9 Å². The van der Waals surface area contributed by atoms with Crippen molar-refractivity contribution in [2.45, 2.75) is 63.5 Å². The van der Waals surface area contributed by atoms with Crippen LogP contribution in [0.3, 0.4) is 0 Å². The maximum absolute atomic E-state index is 15.6. The van der Waals surface area contributed by atoms with Gasteiger partial charge in [0.05, 0.1) is 18.4 Å². The van der Waals surface area contributed by atoms with E-state index in [9.17, 15) is 35.9 Å². The Morgan fingerprint density at radius 3 is 2.12 bits per heavy atom. The van der Waals surface area contributed by atoms with Crippen LogP contribution in [0.4, 0.5) is 41.2 Å². The second kappa shape index (κ2) is 9.87. The molecule has 34 heavy (non-hydrogen) atoms. The molecule has 1 amide bonds. The van der Waals surface area contributed by atoms with Gasteiger partial charge in [-0.25, -0.2) is 27.2 Å². The molecule has 0 bridgehead atoms. The first-order valence-corrected chi connectivity index (χ1v) is 10.2. The van der Waals surface area contributed by atoms with Crippen LogP contribution in [-0.2, 0) is 15.7 Å². The number of amides is 1. The lowest BCUT2D eigenvalue weighted by molar-refractivity contribution is -0.139. The summed E-state index contributed by atoms with van der Waals surface area (Å²) >= 11 is 0. The molecular formula is C21H25F7N2O4. The fraction of sp³-hybridized carbons (Fsp3) is 0.619. The molecule has 192 valence electrons. The number of benzene rings is 1. The van der Waals surface area contributed by atoms with E-state index in [4.69, 9.17) is 4.74 Å². The van der Waals surface area contributed by atoms with Crippen molar-refractivity contribution in [2.24, 2.45) is 0 Å². The molecule has 1 fully saturated rings. The van der Waals surface area contributed by atoms with E-state index >= 15 is 4.39 Å². The maximum atomic E-state index is 15.6. The minimum Gasteiger partial charge on any atom is -0.465 e. The number of likely N-dealkylation sites (tertiary alicyclic amines) is 1. The van der Waals surface area contributed by atoms with Crippen LogP contribution in [0.15, 0.2) is 12.1 Å². The van der Waals surface area contributed by atoms with Crippen LogP contribution in [0, 0.1) is 5.82 Å². The van der Waals surface area contributed by atoms with Gasteiger partial charge in [0.2, 0.25) is 0 Å². The van der Waals surface area contributed by atoms with Gasteiger partial charge in [-0.1, -0.05) is 0 Å². The minimum atomic E-state index is -5.34. The first kappa shape index (κ1) is 27.5. The molecule has 0 spiro atoms. The zero-order valence-electron chi connectivity index (χ0n) is 18.9. The third-order valence-corrected chi connectivity index (χ3v) is 5.16. The molecular weight excluding hydrogens is 477 g/mol. The highest BCUT2D eigenvalue weighted by Gasteiger charge is 2.49. The van der Waals surface area contributed by atoms with Crippen molar-refractivity contribution in [2.75, 3.05) is 25.5 Å². The number of hydrogen-bond acceptors (Lipinski definition) is 5. The summed E-state index contributed by atoms with van der Waals surface area (Å²) < 4.78 is 107. The van der Waals surface area contributed by atoms with E-state index in [-0.39, 0.29) is 19.2 Å². The van der Waals surface area contributed by atoms with Crippen molar-refractivity contribution < 1.29 is 49.8 Å². The fourth-order valence-corrected chi connectivity index (χ4v) is 3.53. The highest BCUT2D eigenvalue weighted by molar-refractivity contribution is 5.91.